The summed E-state index contributed by atoms with van der Waals surface area (Å²) in [7, 11) is -2.54. The summed E-state index contributed by atoms with van der Waals surface area (Å²) in [4.78, 5) is 14.1. The zero-order valence-corrected chi connectivity index (χ0v) is 19.9. The van der Waals surface area contributed by atoms with Crippen molar-refractivity contribution in [3.63, 3.8) is 0 Å². The van der Waals surface area contributed by atoms with Crippen molar-refractivity contribution in [1.82, 2.24) is 9.21 Å². The number of aryl methyl sites for hydroxylation is 1. The molecule has 0 N–H and O–H groups in total. The van der Waals surface area contributed by atoms with Gasteiger partial charge in [-0.1, -0.05) is 18.6 Å². The summed E-state index contributed by atoms with van der Waals surface area (Å²) in [6.45, 7) is 3.97. The van der Waals surface area contributed by atoms with Crippen molar-refractivity contribution in [2.75, 3.05) is 37.6 Å². The monoisotopic (exact) mass is 475 g/mol. The van der Waals surface area contributed by atoms with Crippen molar-refractivity contribution < 1.29 is 22.3 Å². The predicted octanol–water partition coefficient (Wildman–Crippen LogP) is 3.34. The van der Waals surface area contributed by atoms with Gasteiger partial charge in [-0.3, -0.25) is 9.21 Å². The Hall–Kier alpha value is -2.49. The number of nitrogens with zero attached hydrogens (tertiary/aromatic N) is 3. The number of carbonyl (C=O) groups is 1. The summed E-state index contributed by atoms with van der Waals surface area (Å²) >= 11 is 0. The highest BCUT2D eigenvalue weighted by Crippen LogP contribution is 2.29. The molecule has 0 aromatic heterocycles. The van der Waals surface area contributed by atoms with Crippen molar-refractivity contribution >= 4 is 21.9 Å². The minimum Gasteiger partial charge on any atom is -0.465 e. The highest BCUT2D eigenvalue weighted by molar-refractivity contribution is 7.90. The summed E-state index contributed by atoms with van der Waals surface area (Å²) in [5, 5.41) is 0. The molecule has 2 aromatic rings. The van der Waals surface area contributed by atoms with E-state index < -0.39 is 16.2 Å². The molecule has 1 heterocycles. The molecule has 7 nitrogen and oxygen atoms in total. The van der Waals surface area contributed by atoms with Gasteiger partial charge in [-0.05, 0) is 61.2 Å². The van der Waals surface area contributed by atoms with Crippen molar-refractivity contribution in [3.05, 3.63) is 65.0 Å². The Bertz CT molecular complexity index is 1100. The van der Waals surface area contributed by atoms with Crippen molar-refractivity contribution in [2.24, 2.45) is 0 Å². The second kappa shape index (κ2) is 9.79. The van der Waals surface area contributed by atoms with E-state index >= 15 is 0 Å². The van der Waals surface area contributed by atoms with E-state index in [0.29, 0.717) is 54.6 Å². The van der Waals surface area contributed by atoms with Gasteiger partial charge in [0.2, 0.25) is 0 Å². The Morgan fingerprint density at radius 3 is 2.30 bits per heavy atom. The van der Waals surface area contributed by atoms with Crippen LogP contribution in [-0.4, -0.2) is 62.9 Å². The minimum absolute atomic E-state index is 0.0672. The molecule has 0 atom stereocenters. The average molecular weight is 476 g/mol. The molecular weight excluding hydrogens is 445 g/mol. The quantitative estimate of drug-likeness (QED) is 0.575. The first-order valence-electron chi connectivity index (χ1n) is 11.2. The van der Waals surface area contributed by atoms with E-state index in [-0.39, 0.29) is 12.4 Å². The Morgan fingerprint density at radius 2 is 1.76 bits per heavy atom. The summed E-state index contributed by atoms with van der Waals surface area (Å²) < 4.78 is 49.0. The van der Waals surface area contributed by atoms with E-state index in [2.05, 4.69) is 4.90 Å². The molecule has 2 aliphatic rings. The smallest absolute Gasteiger partial charge is 0.337 e. The van der Waals surface area contributed by atoms with E-state index in [0.717, 1.165) is 0 Å². The van der Waals surface area contributed by atoms with Gasteiger partial charge in [0, 0.05) is 32.2 Å². The lowest BCUT2D eigenvalue weighted by atomic mass is 9.91. The third-order valence-corrected chi connectivity index (χ3v) is 8.51. The summed E-state index contributed by atoms with van der Waals surface area (Å²) in [5.74, 6) is -0.836. The van der Waals surface area contributed by atoms with Crippen LogP contribution in [0.2, 0.25) is 0 Å². The molecule has 2 aromatic carbocycles. The van der Waals surface area contributed by atoms with E-state index in [4.69, 9.17) is 4.74 Å². The van der Waals surface area contributed by atoms with Gasteiger partial charge >= 0.3 is 16.2 Å². The average Bonchev–Trinajstić information content (AvgIpc) is 2.78. The predicted molar refractivity (Wildman–Crippen MR) is 125 cm³/mol. The van der Waals surface area contributed by atoms with Crippen LogP contribution in [0.4, 0.5) is 10.1 Å². The van der Waals surface area contributed by atoms with E-state index in [9.17, 15) is 17.6 Å². The number of hydrogen-bond acceptors (Lipinski definition) is 5. The summed E-state index contributed by atoms with van der Waals surface area (Å²) in [5.41, 5.74) is 1.89. The van der Waals surface area contributed by atoms with Crippen molar-refractivity contribution in [3.8, 4) is 0 Å². The molecule has 1 aliphatic heterocycles. The number of carbonyl (C=O) groups excluding carboxylic acids is 1. The van der Waals surface area contributed by atoms with Crippen LogP contribution in [0.1, 0.15) is 40.7 Å². The number of piperazine rings is 1. The Balaban J connectivity index is 1.59. The number of esters is 1. The summed E-state index contributed by atoms with van der Waals surface area (Å²) in [6.07, 6.45) is 3.63. The normalized spacial score (nSPS) is 18.0. The van der Waals surface area contributed by atoms with E-state index in [1.54, 1.807) is 37.3 Å². The second-order valence-electron chi connectivity index (χ2n) is 8.66. The molecule has 0 amide bonds. The van der Waals surface area contributed by atoms with E-state index in [1.807, 2.05) is 0 Å². The van der Waals surface area contributed by atoms with Gasteiger partial charge in [-0.2, -0.15) is 12.7 Å². The van der Waals surface area contributed by atoms with Gasteiger partial charge < -0.3 is 4.74 Å². The van der Waals surface area contributed by atoms with Gasteiger partial charge in [0.1, 0.15) is 5.82 Å². The fourth-order valence-corrected chi connectivity index (χ4v) is 5.91. The molecule has 1 aliphatic carbocycles. The molecular formula is C24H30FN3O4S. The lowest BCUT2D eigenvalue weighted by molar-refractivity contribution is 0.0600. The van der Waals surface area contributed by atoms with Crippen LogP contribution in [0.15, 0.2) is 42.5 Å². The van der Waals surface area contributed by atoms with Gasteiger partial charge in [0.25, 0.3) is 0 Å². The maximum absolute atomic E-state index is 13.9. The fraction of sp³-hybridized carbons (Fsp3) is 0.458. The number of benzene rings is 2. The van der Waals surface area contributed by atoms with Crippen LogP contribution in [0.5, 0.6) is 0 Å². The van der Waals surface area contributed by atoms with Crippen LogP contribution < -0.4 is 4.31 Å². The van der Waals surface area contributed by atoms with Crippen LogP contribution in [0.3, 0.4) is 0 Å². The minimum atomic E-state index is -3.85. The number of ether oxygens (including phenoxy) is 1. The van der Waals surface area contributed by atoms with Gasteiger partial charge in [0.15, 0.2) is 0 Å². The van der Waals surface area contributed by atoms with Crippen LogP contribution >= 0.6 is 0 Å². The number of rotatable bonds is 7. The van der Waals surface area contributed by atoms with Crippen molar-refractivity contribution in [1.29, 1.82) is 0 Å². The van der Waals surface area contributed by atoms with Crippen molar-refractivity contribution in [2.45, 2.75) is 38.8 Å². The molecule has 1 saturated carbocycles. The maximum Gasteiger partial charge on any atom is 0.337 e. The molecule has 9 heteroatoms. The van der Waals surface area contributed by atoms with Crippen LogP contribution in [0, 0.1) is 12.7 Å². The number of hydrogen-bond donors (Lipinski definition) is 0. The lowest BCUT2D eigenvalue weighted by Gasteiger charge is -2.43. The largest absolute Gasteiger partial charge is 0.465 e. The first kappa shape index (κ1) is 23.7. The third kappa shape index (κ3) is 5.05. The molecule has 33 heavy (non-hydrogen) atoms. The second-order valence-corrected chi connectivity index (χ2v) is 10.5. The molecule has 178 valence electrons. The highest BCUT2D eigenvalue weighted by atomic mass is 32.2. The molecule has 1 saturated heterocycles. The lowest BCUT2D eigenvalue weighted by Crippen LogP contribution is -2.56. The zero-order valence-electron chi connectivity index (χ0n) is 19.0. The molecule has 0 spiro atoms. The molecule has 0 bridgehead atoms. The van der Waals surface area contributed by atoms with Crippen LogP contribution in [-0.2, 0) is 21.5 Å². The standard InChI is InChI=1S/C24H30FN3O4S/c1-18-16-22(10-11-23(18)25)28(17-19-6-8-20(9-7-19)24(29)32-2)33(30,31)27-14-12-26(13-15-27)21-4-3-5-21/h6-11,16,21H,3-5,12-15,17H2,1-2H3. The zero-order chi connectivity index (χ0) is 23.6. The van der Waals surface area contributed by atoms with E-state index in [1.165, 1.54) is 47.1 Å². The molecule has 0 radical (unpaired) electrons. The SMILES string of the molecule is COC(=O)c1ccc(CN(c2ccc(F)c(C)c2)S(=O)(=O)N2CCN(C3CCC3)CC2)cc1. The van der Waals surface area contributed by atoms with Gasteiger partial charge in [-0.25, -0.2) is 9.18 Å². The molecule has 0 unspecified atom stereocenters. The molecule has 4 rings (SSSR count). The van der Waals surface area contributed by atoms with Gasteiger partial charge in [-0.15, -0.1) is 0 Å². The number of anilines is 1. The summed E-state index contributed by atoms with van der Waals surface area (Å²) in [6, 6.07) is 11.6. The fourth-order valence-electron chi connectivity index (χ4n) is 4.31. The topological polar surface area (TPSA) is 70.2 Å². The Labute approximate surface area is 194 Å². The maximum atomic E-state index is 13.9. The third-order valence-electron chi connectivity index (χ3n) is 6.60. The molecule has 2 fully saturated rings. The Morgan fingerprint density at radius 1 is 1.09 bits per heavy atom. The van der Waals surface area contributed by atoms with Crippen LogP contribution in [0.25, 0.3) is 0 Å². The first-order chi connectivity index (χ1) is 15.8. The number of halogens is 1. The highest BCUT2D eigenvalue weighted by Gasteiger charge is 2.35. The Kier molecular flexibility index (Phi) is 7.02. The van der Waals surface area contributed by atoms with Gasteiger partial charge in [0.05, 0.1) is 24.9 Å². The first-order valence-corrected chi connectivity index (χ1v) is 12.6. The number of methoxy groups -OCH3 is 1.